The first-order chi connectivity index (χ1) is 13.4. The van der Waals surface area contributed by atoms with Crippen molar-refractivity contribution in [2.75, 3.05) is 32.1 Å². The van der Waals surface area contributed by atoms with Crippen molar-refractivity contribution in [2.45, 2.75) is 25.5 Å². The van der Waals surface area contributed by atoms with Crippen LogP contribution in [0.3, 0.4) is 0 Å². The van der Waals surface area contributed by atoms with Gasteiger partial charge in [0, 0.05) is 44.9 Å². The summed E-state index contributed by atoms with van der Waals surface area (Å²) >= 11 is 0. The normalized spacial score (nSPS) is 17.5. The Morgan fingerprint density at radius 2 is 1.79 bits per heavy atom. The number of hydrogen-bond donors (Lipinski definition) is 0. The summed E-state index contributed by atoms with van der Waals surface area (Å²) in [6, 6.07) is 17.4. The first kappa shape index (κ1) is 20.6. The van der Waals surface area contributed by atoms with Crippen LogP contribution in [-0.2, 0) is 21.3 Å². The van der Waals surface area contributed by atoms with Gasteiger partial charge in [0.1, 0.15) is 0 Å². The largest absolute Gasteiger partial charge is 0.378 e. The van der Waals surface area contributed by atoms with Crippen LogP contribution >= 0.6 is 0 Å². The SMILES string of the molecule is CN(C)c1ccc(CN(C[C@@H]2CCCO2)S(=O)(=O)/C=C/c2ccccc2)cc1. The standard InChI is InChI=1S/C22H28N2O3S/c1-23(2)21-12-10-20(11-13-21)17-24(18-22-9-6-15-27-22)28(25,26)16-14-19-7-4-3-5-8-19/h3-5,7-8,10-14,16,22H,6,9,15,17-18H2,1-2H3/b16-14+/t22-/m0/s1. The van der Waals surface area contributed by atoms with Gasteiger partial charge in [-0.2, -0.15) is 4.31 Å². The quantitative estimate of drug-likeness (QED) is 0.677. The lowest BCUT2D eigenvalue weighted by molar-refractivity contribution is 0.0929. The van der Waals surface area contributed by atoms with Gasteiger partial charge in [0.15, 0.2) is 0 Å². The highest BCUT2D eigenvalue weighted by molar-refractivity contribution is 7.92. The van der Waals surface area contributed by atoms with Gasteiger partial charge in [-0.15, -0.1) is 0 Å². The van der Waals surface area contributed by atoms with E-state index >= 15 is 0 Å². The molecule has 28 heavy (non-hydrogen) atoms. The third kappa shape index (κ3) is 5.67. The Kier molecular flexibility index (Phi) is 6.88. The minimum Gasteiger partial charge on any atom is -0.378 e. The van der Waals surface area contributed by atoms with Crippen LogP contribution in [-0.4, -0.2) is 46.1 Å². The van der Waals surface area contributed by atoms with Gasteiger partial charge < -0.3 is 9.64 Å². The van der Waals surface area contributed by atoms with Gasteiger partial charge in [-0.05, 0) is 42.2 Å². The van der Waals surface area contributed by atoms with Gasteiger partial charge in [0.25, 0.3) is 0 Å². The fourth-order valence-electron chi connectivity index (χ4n) is 3.19. The van der Waals surface area contributed by atoms with Crippen LogP contribution in [0, 0.1) is 0 Å². The summed E-state index contributed by atoms with van der Waals surface area (Å²) in [4.78, 5) is 2.02. The Hall–Kier alpha value is -2.15. The van der Waals surface area contributed by atoms with Gasteiger partial charge in [0.2, 0.25) is 10.0 Å². The van der Waals surface area contributed by atoms with Crippen molar-refractivity contribution in [1.29, 1.82) is 0 Å². The van der Waals surface area contributed by atoms with Crippen molar-refractivity contribution in [2.24, 2.45) is 0 Å². The molecule has 0 amide bonds. The van der Waals surface area contributed by atoms with E-state index in [0.29, 0.717) is 19.7 Å². The van der Waals surface area contributed by atoms with Crippen LogP contribution in [0.2, 0.25) is 0 Å². The number of hydrogen-bond acceptors (Lipinski definition) is 4. The van der Waals surface area contributed by atoms with Crippen LogP contribution in [0.15, 0.2) is 60.0 Å². The molecule has 0 bridgehead atoms. The fraction of sp³-hybridized carbons (Fsp3) is 0.364. The van der Waals surface area contributed by atoms with E-state index in [4.69, 9.17) is 4.74 Å². The number of anilines is 1. The molecule has 1 aliphatic rings. The van der Waals surface area contributed by atoms with E-state index in [1.807, 2.05) is 73.6 Å². The van der Waals surface area contributed by atoms with Crippen molar-refractivity contribution in [1.82, 2.24) is 4.31 Å². The summed E-state index contributed by atoms with van der Waals surface area (Å²) < 4.78 is 33.3. The molecule has 0 radical (unpaired) electrons. The predicted molar refractivity (Wildman–Crippen MR) is 115 cm³/mol. The molecule has 1 heterocycles. The minimum absolute atomic E-state index is 0.0408. The molecule has 3 rings (SSSR count). The highest BCUT2D eigenvalue weighted by atomic mass is 32.2. The molecule has 0 N–H and O–H groups in total. The van der Waals surface area contributed by atoms with E-state index in [0.717, 1.165) is 29.7 Å². The zero-order valence-corrected chi connectivity index (χ0v) is 17.3. The molecule has 5 nitrogen and oxygen atoms in total. The first-order valence-corrected chi connectivity index (χ1v) is 11.1. The number of benzene rings is 2. The molecule has 1 saturated heterocycles. The molecule has 1 aliphatic heterocycles. The van der Waals surface area contributed by atoms with Crippen molar-refractivity contribution in [3.05, 3.63) is 71.1 Å². The van der Waals surface area contributed by atoms with Crippen LogP contribution in [0.4, 0.5) is 5.69 Å². The third-order valence-electron chi connectivity index (χ3n) is 4.83. The maximum Gasteiger partial charge on any atom is 0.236 e. The number of sulfonamides is 1. The van der Waals surface area contributed by atoms with E-state index in [9.17, 15) is 8.42 Å². The second-order valence-corrected chi connectivity index (χ2v) is 9.07. The molecule has 150 valence electrons. The number of nitrogens with zero attached hydrogens (tertiary/aromatic N) is 2. The van der Waals surface area contributed by atoms with E-state index < -0.39 is 10.0 Å². The van der Waals surface area contributed by atoms with E-state index in [2.05, 4.69) is 0 Å². The summed E-state index contributed by atoms with van der Waals surface area (Å²) in [5.41, 5.74) is 2.90. The maximum atomic E-state index is 13.0. The number of ether oxygens (including phenoxy) is 1. The molecule has 0 unspecified atom stereocenters. The van der Waals surface area contributed by atoms with Crippen LogP contribution in [0.1, 0.15) is 24.0 Å². The van der Waals surface area contributed by atoms with E-state index in [1.165, 1.54) is 9.71 Å². The van der Waals surface area contributed by atoms with Crippen LogP contribution < -0.4 is 4.90 Å². The Morgan fingerprint density at radius 3 is 2.39 bits per heavy atom. The second-order valence-electron chi connectivity index (χ2n) is 7.25. The van der Waals surface area contributed by atoms with Gasteiger partial charge in [-0.25, -0.2) is 8.42 Å². The third-order valence-corrected chi connectivity index (χ3v) is 6.31. The van der Waals surface area contributed by atoms with Gasteiger partial charge in [-0.3, -0.25) is 0 Å². The lowest BCUT2D eigenvalue weighted by Gasteiger charge is -2.24. The number of rotatable bonds is 8. The molecule has 6 heteroatoms. The average molecular weight is 401 g/mol. The monoisotopic (exact) mass is 400 g/mol. The molecule has 0 aromatic heterocycles. The zero-order valence-electron chi connectivity index (χ0n) is 16.5. The zero-order chi connectivity index (χ0) is 20.0. The lowest BCUT2D eigenvalue weighted by Crippen LogP contribution is -2.35. The minimum atomic E-state index is -3.57. The lowest BCUT2D eigenvalue weighted by atomic mass is 10.2. The Bertz CT molecular complexity index is 872. The van der Waals surface area contributed by atoms with Crippen molar-refractivity contribution < 1.29 is 13.2 Å². The maximum absolute atomic E-state index is 13.0. The topological polar surface area (TPSA) is 49.9 Å². The first-order valence-electron chi connectivity index (χ1n) is 9.55. The highest BCUT2D eigenvalue weighted by Crippen LogP contribution is 2.20. The highest BCUT2D eigenvalue weighted by Gasteiger charge is 2.26. The molecule has 0 saturated carbocycles. The second kappa shape index (κ2) is 9.37. The van der Waals surface area contributed by atoms with Crippen LogP contribution in [0.25, 0.3) is 6.08 Å². The molecular weight excluding hydrogens is 372 g/mol. The molecule has 0 aliphatic carbocycles. The molecular formula is C22H28N2O3S. The fourth-order valence-corrected chi connectivity index (χ4v) is 4.40. The molecule has 2 aromatic rings. The van der Waals surface area contributed by atoms with E-state index in [-0.39, 0.29) is 6.10 Å². The Balaban J connectivity index is 1.79. The summed E-state index contributed by atoms with van der Waals surface area (Å²) in [5.74, 6) is 0. The van der Waals surface area contributed by atoms with Gasteiger partial charge in [-0.1, -0.05) is 42.5 Å². The molecule has 1 atom stereocenters. The van der Waals surface area contributed by atoms with Gasteiger partial charge in [0.05, 0.1) is 6.10 Å². The van der Waals surface area contributed by atoms with Gasteiger partial charge >= 0.3 is 0 Å². The summed E-state index contributed by atoms with van der Waals surface area (Å²) in [7, 11) is 0.397. The molecule has 1 fully saturated rings. The Morgan fingerprint density at radius 1 is 1.07 bits per heavy atom. The smallest absolute Gasteiger partial charge is 0.236 e. The summed E-state index contributed by atoms with van der Waals surface area (Å²) in [6.07, 6.45) is 3.48. The summed E-state index contributed by atoms with van der Waals surface area (Å²) in [5, 5.41) is 1.30. The summed E-state index contributed by atoms with van der Waals surface area (Å²) in [6.45, 7) is 1.40. The van der Waals surface area contributed by atoms with Crippen LogP contribution in [0.5, 0.6) is 0 Å². The molecule has 0 spiro atoms. The molecule has 2 aromatic carbocycles. The van der Waals surface area contributed by atoms with Crippen molar-refractivity contribution in [3.63, 3.8) is 0 Å². The van der Waals surface area contributed by atoms with Crippen molar-refractivity contribution in [3.8, 4) is 0 Å². The Labute approximate surface area is 168 Å². The van der Waals surface area contributed by atoms with E-state index in [1.54, 1.807) is 6.08 Å². The predicted octanol–water partition coefficient (Wildman–Crippen LogP) is 3.73. The van der Waals surface area contributed by atoms with Crippen molar-refractivity contribution >= 4 is 21.8 Å². The average Bonchev–Trinajstić information content (AvgIpc) is 3.20.